The highest BCUT2D eigenvalue weighted by Gasteiger charge is 2.28. The van der Waals surface area contributed by atoms with Crippen LogP contribution in [0.3, 0.4) is 0 Å². The molecule has 112 valence electrons. The van der Waals surface area contributed by atoms with E-state index < -0.39 is 10.1 Å². The first-order chi connectivity index (χ1) is 9.01. The summed E-state index contributed by atoms with van der Waals surface area (Å²) in [5.74, 6) is 0. The number of benzene rings is 1. The lowest BCUT2D eigenvalue weighted by molar-refractivity contribution is -0.837. The van der Waals surface area contributed by atoms with E-state index >= 15 is 0 Å². The van der Waals surface area contributed by atoms with Gasteiger partial charge in [-0.15, -0.1) is 0 Å². The van der Waals surface area contributed by atoms with Crippen LogP contribution in [0.5, 0.6) is 0 Å². The largest absolute Gasteiger partial charge is 0.744 e. The molecule has 0 fully saturated rings. The van der Waals surface area contributed by atoms with Crippen LogP contribution in [0.25, 0.3) is 0 Å². The molecule has 0 bridgehead atoms. The molecule has 0 radical (unpaired) electrons. The number of allylic oxidation sites excluding steroid dienone is 1. The van der Waals surface area contributed by atoms with Crippen LogP contribution < -0.4 is 4.90 Å². The van der Waals surface area contributed by atoms with Crippen molar-refractivity contribution in [3.05, 3.63) is 41.6 Å². The zero-order chi connectivity index (χ0) is 15.6. The maximum atomic E-state index is 10.4. The fourth-order valence-corrected chi connectivity index (χ4v) is 2.76. The fraction of sp³-hybridized carbons (Fsp3) is 0.467. The van der Waals surface area contributed by atoms with Crippen molar-refractivity contribution in [3.8, 4) is 0 Å². The summed E-state index contributed by atoms with van der Waals surface area (Å²) in [7, 11) is -2.05. The van der Waals surface area contributed by atoms with E-state index in [0.29, 0.717) is 5.41 Å². The van der Waals surface area contributed by atoms with Crippen LogP contribution in [0, 0.1) is 12.3 Å². The van der Waals surface area contributed by atoms with E-state index in [-0.39, 0.29) is 4.90 Å². The molecule has 0 aliphatic carbocycles. The standard InChI is InChI=1S/C8H15N.C7H8O3S/c1-7-5-8(2,3)6-9(7)4;1-6-2-4-7(5-3-6)11(8,9)10/h5H,6H2,1-4H3;2-5H,1H3,(H,8,9,10). The normalized spacial score (nSPS) is 20.9. The summed E-state index contributed by atoms with van der Waals surface area (Å²) in [5.41, 5.74) is 2.85. The Morgan fingerprint density at radius 2 is 1.65 bits per heavy atom. The molecule has 1 heterocycles. The quantitative estimate of drug-likeness (QED) is 0.796. The van der Waals surface area contributed by atoms with Gasteiger partial charge in [-0.05, 0) is 25.1 Å². The molecule has 5 heteroatoms. The summed E-state index contributed by atoms with van der Waals surface area (Å²) in [6.45, 7) is 9.84. The van der Waals surface area contributed by atoms with Gasteiger partial charge in [0, 0.05) is 12.3 Å². The van der Waals surface area contributed by atoms with Gasteiger partial charge in [-0.3, -0.25) is 0 Å². The molecule has 1 unspecified atom stereocenters. The predicted octanol–water partition coefficient (Wildman–Crippen LogP) is 1.34. The first-order valence-corrected chi connectivity index (χ1v) is 7.97. The summed E-state index contributed by atoms with van der Waals surface area (Å²) in [5, 5.41) is 0. The van der Waals surface area contributed by atoms with Gasteiger partial charge < -0.3 is 9.45 Å². The zero-order valence-electron chi connectivity index (χ0n) is 12.7. The molecule has 2 rings (SSSR count). The van der Waals surface area contributed by atoms with Crippen molar-refractivity contribution in [1.82, 2.24) is 0 Å². The smallest absolute Gasteiger partial charge is 0.124 e. The number of hydrogen-bond donors (Lipinski definition) is 1. The summed E-state index contributed by atoms with van der Waals surface area (Å²) < 4.78 is 31.2. The molecule has 0 spiro atoms. The molecule has 1 aliphatic heterocycles. The molecule has 1 aromatic rings. The summed E-state index contributed by atoms with van der Waals surface area (Å²) >= 11 is 0. The highest BCUT2D eigenvalue weighted by molar-refractivity contribution is 7.85. The second-order valence-electron chi connectivity index (χ2n) is 6.04. The minimum atomic E-state index is -4.27. The third-order valence-corrected chi connectivity index (χ3v) is 4.16. The van der Waals surface area contributed by atoms with Crippen LogP contribution in [0.2, 0.25) is 0 Å². The van der Waals surface area contributed by atoms with Gasteiger partial charge in [0.25, 0.3) is 0 Å². The molecular formula is C15H23NO3S. The Morgan fingerprint density at radius 1 is 1.15 bits per heavy atom. The summed E-state index contributed by atoms with van der Waals surface area (Å²) in [6.07, 6.45) is 2.36. The fourth-order valence-electron chi connectivity index (χ4n) is 2.29. The molecule has 0 saturated carbocycles. The maximum Gasteiger partial charge on any atom is 0.124 e. The zero-order valence-corrected chi connectivity index (χ0v) is 13.5. The van der Waals surface area contributed by atoms with Crippen LogP contribution in [-0.4, -0.2) is 26.6 Å². The van der Waals surface area contributed by atoms with Crippen LogP contribution in [-0.2, 0) is 10.1 Å². The number of aryl methyl sites for hydroxylation is 1. The number of quaternary nitrogens is 1. The van der Waals surface area contributed by atoms with Crippen molar-refractivity contribution in [2.75, 3.05) is 13.6 Å². The predicted molar refractivity (Wildman–Crippen MR) is 78.4 cm³/mol. The molecule has 1 aromatic carbocycles. The Morgan fingerprint density at radius 3 is 1.90 bits per heavy atom. The van der Waals surface area contributed by atoms with Gasteiger partial charge >= 0.3 is 0 Å². The number of hydrogen-bond acceptors (Lipinski definition) is 3. The molecule has 1 atom stereocenters. The SMILES string of the molecule is CC1=CC(C)(C)C[NH+]1C.Cc1ccc(S(=O)(=O)[O-])cc1. The monoisotopic (exact) mass is 297 g/mol. The van der Waals surface area contributed by atoms with Crippen molar-refractivity contribution in [1.29, 1.82) is 0 Å². The van der Waals surface area contributed by atoms with Crippen molar-refractivity contribution >= 4 is 10.1 Å². The molecule has 4 nitrogen and oxygen atoms in total. The van der Waals surface area contributed by atoms with Gasteiger partial charge in [0.05, 0.1) is 18.5 Å². The second kappa shape index (κ2) is 6.08. The Labute approximate surface area is 121 Å². The van der Waals surface area contributed by atoms with Gasteiger partial charge in [0.15, 0.2) is 0 Å². The van der Waals surface area contributed by atoms with Crippen molar-refractivity contribution in [3.63, 3.8) is 0 Å². The molecule has 1 aliphatic rings. The van der Waals surface area contributed by atoms with Crippen LogP contribution in [0.4, 0.5) is 0 Å². The molecule has 0 aromatic heterocycles. The highest BCUT2D eigenvalue weighted by atomic mass is 32.2. The van der Waals surface area contributed by atoms with Crippen molar-refractivity contribution in [2.45, 2.75) is 32.6 Å². The summed E-state index contributed by atoms with van der Waals surface area (Å²) in [4.78, 5) is 1.38. The number of rotatable bonds is 1. The maximum absolute atomic E-state index is 10.4. The average molecular weight is 297 g/mol. The van der Waals surface area contributed by atoms with E-state index in [4.69, 9.17) is 0 Å². The Bertz CT molecular complexity index is 586. The first kappa shape index (κ1) is 16.9. The van der Waals surface area contributed by atoms with Crippen molar-refractivity contribution < 1.29 is 17.9 Å². The van der Waals surface area contributed by atoms with Crippen LogP contribution in [0.1, 0.15) is 26.3 Å². The Balaban J connectivity index is 0.000000204. The third-order valence-electron chi connectivity index (χ3n) is 3.31. The van der Waals surface area contributed by atoms with E-state index in [2.05, 4.69) is 33.9 Å². The lowest BCUT2D eigenvalue weighted by Crippen LogP contribution is -3.06. The topological polar surface area (TPSA) is 61.6 Å². The van der Waals surface area contributed by atoms with Gasteiger partial charge in [-0.2, -0.15) is 0 Å². The van der Waals surface area contributed by atoms with E-state index in [1.54, 1.807) is 17.0 Å². The second-order valence-corrected chi connectivity index (χ2v) is 7.42. The van der Waals surface area contributed by atoms with Gasteiger partial charge in [0.2, 0.25) is 0 Å². The van der Waals surface area contributed by atoms with Crippen molar-refractivity contribution in [2.24, 2.45) is 5.41 Å². The molecule has 0 saturated heterocycles. The van der Waals surface area contributed by atoms with Crippen LogP contribution >= 0.6 is 0 Å². The minimum absolute atomic E-state index is 0.178. The van der Waals surface area contributed by atoms with Gasteiger partial charge in [-0.1, -0.05) is 31.5 Å². The van der Waals surface area contributed by atoms with E-state index in [1.165, 1.54) is 24.4 Å². The molecule has 1 N–H and O–H groups in total. The van der Waals surface area contributed by atoms with E-state index in [1.807, 2.05) is 6.92 Å². The third kappa shape index (κ3) is 5.07. The van der Waals surface area contributed by atoms with E-state index in [0.717, 1.165) is 5.56 Å². The minimum Gasteiger partial charge on any atom is -0.744 e. The number of nitrogens with one attached hydrogen (secondary N) is 1. The summed E-state index contributed by atoms with van der Waals surface area (Å²) in [6, 6.07) is 5.78. The first-order valence-electron chi connectivity index (χ1n) is 6.56. The lowest BCUT2D eigenvalue weighted by Gasteiger charge is -2.13. The van der Waals surface area contributed by atoms with Gasteiger partial charge in [0.1, 0.15) is 15.8 Å². The Hall–Kier alpha value is -1.17. The van der Waals surface area contributed by atoms with Crippen LogP contribution in [0.15, 0.2) is 40.9 Å². The average Bonchev–Trinajstić information content (AvgIpc) is 2.50. The molecule has 20 heavy (non-hydrogen) atoms. The van der Waals surface area contributed by atoms with Gasteiger partial charge in [-0.25, -0.2) is 8.42 Å². The highest BCUT2D eigenvalue weighted by Crippen LogP contribution is 2.18. The van der Waals surface area contributed by atoms with E-state index in [9.17, 15) is 13.0 Å². The molecular weight excluding hydrogens is 274 g/mol. The lowest BCUT2D eigenvalue weighted by atomic mass is 9.96. The Kier molecular flexibility index (Phi) is 5.13. The molecule has 0 amide bonds.